The van der Waals surface area contributed by atoms with Crippen LogP contribution in [0.3, 0.4) is 0 Å². The summed E-state index contributed by atoms with van der Waals surface area (Å²) in [5.41, 5.74) is 1.58. The third-order valence-corrected chi connectivity index (χ3v) is 7.07. The van der Waals surface area contributed by atoms with Gasteiger partial charge >= 0.3 is 0 Å². The molecule has 5 heteroatoms. The maximum absolute atomic E-state index is 12.4. The fourth-order valence-electron chi connectivity index (χ4n) is 5.68. The molecular weight excluding hydrogens is 296 g/mol. The summed E-state index contributed by atoms with van der Waals surface area (Å²) >= 11 is 0. The molecule has 4 bridgehead atoms. The normalized spacial score (nSPS) is 36.5. The Labute approximate surface area is 132 Å². The quantitative estimate of drug-likeness (QED) is 0.930. The van der Waals surface area contributed by atoms with Gasteiger partial charge in [-0.2, -0.15) is 8.42 Å². The summed E-state index contributed by atoms with van der Waals surface area (Å²) in [4.78, 5) is 0. The van der Waals surface area contributed by atoms with Gasteiger partial charge in [0.1, 0.15) is 0 Å². The van der Waals surface area contributed by atoms with Gasteiger partial charge in [0, 0.05) is 0 Å². The molecule has 1 aromatic carbocycles. The highest BCUT2D eigenvalue weighted by Gasteiger charge is 2.56. The highest BCUT2D eigenvalue weighted by Crippen LogP contribution is 2.58. The van der Waals surface area contributed by atoms with Crippen LogP contribution in [0.5, 0.6) is 0 Å². The molecule has 2 N–H and O–H groups in total. The number of benzene rings is 1. The number of rotatable bonds is 3. The van der Waals surface area contributed by atoms with E-state index in [1.54, 1.807) is 4.31 Å². The topological polar surface area (TPSA) is 63.4 Å². The molecule has 0 radical (unpaired) electrons. The van der Waals surface area contributed by atoms with Crippen molar-refractivity contribution in [1.29, 1.82) is 0 Å². The number of anilines is 1. The number of nitrogens with zero attached hydrogens (tertiary/aromatic N) is 1. The summed E-state index contributed by atoms with van der Waals surface area (Å²) in [5.74, 6) is 2.04. The number of aryl methyl sites for hydroxylation is 1. The zero-order chi connectivity index (χ0) is 15.5. The van der Waals surface area contributed by atoms with Crippen LogP contribution in [0.2, 0.25) is 0 Å². The van der Waals surface area contributed by atoms with E-state index in [4.69, 9.17) is 5.14 Å². The van der Waals surface area contributed by atoms with Crippen LogP contribution in [-0.4, -0.2) is 14.0 Å². The molecule has 5 rings (SSSR count). The molecule has 0 amide bonds. The van der Waals surface area contributed by atoms with Crippen molar-refractivity contribution in [3.05, 3.63) is 29.8 Å². The molecule has 0 spiro atoms. The molecule has 1 aromatic rings. The third-order valence-electron chi connectivity index (χ3n) is 5.96. The zero-order valence-corrected chi connectivity index (χ0v) is 13.8. The summed E-state index contributed by atoms with van der Waals surface area (Å²) in [5, 5.41) is 5.67. The average Bonchev–Trinajstić information content (AvgIpc) is 2.38. The fraction of sp³-hybridized carbons (Fsp3) is 0.647. The molecule has 4 aliphatic carbocycles. The van der Waals surface area contributed by atoms with Crippen molar-refractivity contribution in [1.82, 2.24) is 0 Å². The Kier molecular flexibility index (Phi) is 3.11. The van der Waals surface area contributed by atoms with Crippen molar-refractivity contribution >= 4 is 15.9 Å². The van der Waals surface area contributed by atoms with E-state index >= 15 is 0 Å². The van der Waals surface area contributed by atoms with Gasteiger partial charge in [-0.05, 0) is 75.3 Å². The van der Waals surface area contributed by atoms with E-state index in [0.717, 1.165) is 30.5 Å². The van der Waals surface area contributed by atoms with E-state index in [-0.39, 0.29) is 5.54 Å². The van der Waals surface area contributed by atoms with E-state index in [1.807, 2.05) is 31.2 Å². The maximum Gasteiger partial charge on any atom is 0.299 e. The standard InChI is InChI=1S/C17H24N2O2S/c1-12-2-4-16(5-3-12)19(22(18,20)21)17-9-13-6-14(10-17)8-15(7-13)11-17/h2-5,13-15H,6-11H2,1H3,(H2,18,20,21). The smallest absolute Gasteiger partial charge is 0.252 e. The molecule has 0 atom stereocenters. The fourth-order valence-corrected chi connectivity index (χ4v) is 6.86. The van der Waals surface area contributed by atoms with Gasteiger partial charge in [0.2, 0.25) is 0 Å². The van der Waals surface area contributed by atoms with E-state index < -0.39 is 10.2 Å². The summed E-state index contributed by atoms with van der Waals surface area (Å²) in [6, 6.07) is 7.73. The largest absolute Gasteiger partial charge is 0.299 e. The SMILES string of the molecule is Cc1ccc(N(C23CC4CC(CC(C4)C2)C3)S(N)(=O)=O)cc1. The van der Waals surface area contributed by atoms with Crippen molar-refractivity contribution in [2.75, 3.05) is 4.31 Å². The lowest BCUT2D eigenvalue weighted by Gasteiger charge is -2.59. The second-order valence-corrected chi connectivity index (χ2v) is 9.18. The molecule has 22 heavy (non-hydrogen) atoms. The van der Waals surface area contributed by atoms with Gasteiger partial charge in [-0.3, -0.25) is 4.31 Å². The Hall–Kier alpha value is -1.07. The van der Waals surface area contributed by atoms with Gasteiger partial charge in [-0.1, -0.05) is 17.7 Å². The second-order valence-electron chi connectivity index (χ2n) is 7.79. The number of nitrogens with two attached hydrogens (primary N) is 1. The third kappa shape index (κ3) is 2.26. The van der Waals surface area contributed by atoms with Crippen LogP contribution < -0.4 is 9.44 Å². The Morgan fingerprint density at radius 3 is 1.86 bits per heavy atom. The van der Waals surface area contributed by atoms with Crippen LogP contribution >= 0.6 is 0 Å². The minimum absolute atomic E-state index is 0.280. The highest BCUT2D eigenvalue weighted by atomic mass is 32.2. The summed E-state index contributed by atoms with van der Waals surface area (Å²) < 4.78 is 26.4. The van der Waals surface area contributed by atoms with Crippen LogP contribution in [0.1, 0.15) is 44.1 Å². The van der Waals surface area contributed by atoms with Gasteiger partial charge in [0.15, 0.2) is 0 Å². The zero-order valence-electron chi connectivity index (χ0n) is 13.0. The maximum atomic E-state index is 12.4. The van der Waals surface area contributed by atoms with Crippen molar-refractivity contribution in [2.45, 2.75) is 51.0 Å². The van der Waals surface area contributed by atoms with Crippen LogP contribution in [0, 0.1) is 24.7 Å². The van der Waals surface area contributed by atoms with Crippen molar-refractivity contribution < 1.29 is 8.42 Å². The van der Waals surface area contributed by atoms with Crippen LogP contribution in [-0.2, 0) is 10.2 Å². The predicted molar refractivity (Wildman–Crippen MR) is 87.7 cm³/mol. The summed E-state index contributed by atoms with van der Waals surface area (Å²) in [6.07, 6.45) is 6.78. The van der Waals surface area contributed by atoms with Crippen molar-refractivity contribution in [3.63, 3.8) is 0 Å². The van der Waals surface area contributed by atoms with Gasteiger partial charge in [0.25, 0.3) is 10.2 Å². The first-order valence-electron chi connectivity index (χ1n) is 8.26. The summed E-state index contributed by atoms with van der Waals surface area (Å²) in [7, 11) is -3.76. The molecule has 0 unspecified atom stereocenters. The molecule has 4 aliphatic rings. The van der Waals surface area contributed by atoms with Crippen molar-refractivity contribution in [2.24, 2.45) is 22.9 Å². The Balaban J connectivity index is 1.80. The van der Waals surface area contributed by atoms with E-state index in [2.05, 4.69) is 0 Å². The molecule has 4 fully saturated rings. The van der Waals surface area contributed by atoms with Crippen LogP contribution in [0.25, 0.3) is 0 Å². The predicted octanol–water partition coefficient (Wildman–Crippen LogP) is 2.97. The molecule has 4 saturated carbocycles. The molecule has 0 aliphatic heterocycles. The molecule has 0 aromatic heterocycles. The Bertz CT molecular complexity index is 646. The molecule has 120 valence electrons. The van der Waals surface area contributed by atoms with Gasteiger partial charge in [-0.25, -0.2) is 5.14 Å². The first-order valence-corrected chi connectivity index (χ1v) is 9.76. The van der Waals surface area contributed by atoms with E-state index in [9.17, 15) is 8.42 Å². The van der Waals surface area contributed by atoms with E-state index in [0.29, 0.717) is 17.8 Å². The van der Waals surface area contributed by atoms with Crippen molar-refractivity contribution in [3.8, 4) is 0 Å². The first kappa shape index (κ1) is 14.5. The second kappa shape index (κ2) is 4.71. The molecule has 0 heterocycles. The Morgan fingerprint density at radius 1 is 1.00 bits per heavy atom. The lowest BCUT2D eigenvalue weighted by molar-refractivity contribution is 0.00314. The van der Waals surface area contributed by atoms with Gasteiger partial charge in [0.05, 0.1) is 11.2 Å². The molecule has 0 saturated heterocycles. The average molecular weight is 320 g/mol. The monoisotopic (exact) mass is 320 g/mol. The van der Waals surface area contributed by atoms with E-state index in [1.165, 1.54) is 19.3 Å². The van der Waals surface area contributed by atoms with Crippen LogP contribution in [0.15, 0.2) is 24.3 Å². The number of hydrogen-bond donors (Lipinski definition) is 1. The molecular formula is C17H24N2O2S. The lowest BCUT2D eigenvalue weighted by atomic mass is 9.53. The minimum Gasteiger partial charge on any atom is -0.252 e. The van der Waals surface area contributed by atoms with Crippen LogP contribution in [0.4, 0.5) is 5.69 Å². The first-order chi connectivity index (χ1) is 10.4. The molecule has 4 nitrogen and oxygen atoms in total. The Morgan fingerprint density at radius 2 is 1.45 bits per heavy atom. The number of hydrogen-bond acceptors (Lipinski definition) is 2. The highest BCUT2D eigenvalue weighted by molar-refractivity contribution is 7.90. The van der Waals surface area contributed by atoms with Gasteiger partial charge in [-0.15, -0.1) is 0 Å². The minimum atomic E-state index is -3.76. The van der Waals surface area contributed by atoms with Gasteiger partial charge < -0.3 is 0 Å². The summed E-state index contributed by atoms with van der Waals surface area (Å²) in [6.45, 7) is 2.01. The lowest BCUT2D eigenvalue weighted by Crippen LogP contribution is -2.63.